The standard InChI is InChI=1S/C14H20N2O3/c1-9-6-14(2,15-7-9)16-13(17)10-3-4-11-12(5-10)19-8-18-11/h5,9,15H,3-4,6-8H2,1-2H3,(H,16,17). The molecule has 0 saturated carbocycles. The van der Waals surface area contributed by atoms with Gasteiger partial charge in [0.2, 0.25) is 12.7 Å². The molecule has 2 unspecified atom stereocenters. The average Bonchev–Trinajstić information content (AvgIpc) is 2.95. The van der Waals surface area contributed by atoms with Crippen LogP contribution in [0.15, 0.2) is 23.2 Å². The van der Waals surface area contributed by atoms with Gasteiger partial charge < -0.3 is 14.8 Å². The normalized spacial score (nSPS) is 33.4. The van der Waals surface area contributed by atoms with Crippen LogP contribution in [0.25, 0.3) is 0 Å². The van der Waals surface area contributed by atoms with Crippen molar-refractivity contribution in [2.45, 2.75) is 38.8 Å². The van der Waals surface area contributed by atoms with E-state index in [0.717, 1.165) is 30.7 Å². The van der Waals surface area contributed by atoms with Gasteiger partial charge >= 0.3 is 0 Å². The summed E-state index contributed by atoms with van der Waals surface area (Å²) in [5.41, 5.74) is 0.478. The minimum atomic E-state index is -0.293. The van der Waals surface area contributed by atoms with Gasteiger partial charge in [0.25, 0.3) is 0 Å². The van der Waals surface area contributed by atoms with Gasteiger partial charge in [-0.05, 0) is 38.3 Å². The molecule has 1 amide bonds. The second kappa shape index (κ2) is 4.56. The molecule has 2 aliphatic heterocycles. The molecule has 2 N–H and O–H groups in total. The quantitative estimate of drug-likeness (QED) is 0.791. The Morgan fingerprint density at radius 3 is 3.05 bits per heavy atom. The van der Waals surface area contributed by atoms with Crippen LogP contribution in [0.1, 0.15) is 33.1 Å². The fourth-order valence-corrected chi connectivity index (χ4v) is 2.96. The van der Waals surface area contributed by atoms with E-state index in [1.807, 2.05) is 13.0 Å². The van der Waals surface area contributed by atoms with E-state index >= 15 is 0 Å². The van der Waals surface area contributed by atoms with Crippen molar-refractivity contribution in [2.75, 3.05) is 13.3 Å². The van der Waals surface area contributed by atoms with E-state index in [9.17, 15) is 4.79 Å². The zero-order chi connectivity index (χ0) is 13.5. The second-order valence-corrected chi connectivity index (χ2v) is 5.84. The van der Waals surface area contributed by atoms with E-state index in [-0.39, 0.29) is 18.4 Å². The Morgan fingerprint density at radius 1 is 1.47 bits per heavy atom. The van der Waals surface area contributed by atoms with Crippen molar-refractivity contribution in [2.24, 2.45) is 5.92 Å². The van der Waals surface area contributed by atoms with E-state index in [2.05, 4.69) is 17.6 Å². The molecule has 0 bridgehead atoms. The molecule has 0 radical (unpaired) electrons. The fourth-order valence-electron chi connectivity index (χ4n) is 2.96. The lowest BCUT2D eigenvalue weighted by Gasteiger charge is -2.27. The summed E-state index contributed by atoms with van der Waals surface area (Å²) in [4.78, 5) is 12.3. The second-order valence-electron chi connectivity index (χ2n) is 5.84. The minimum absolute atomic E-state index is 0.00819. The van der Waals surface area contributed by atoms with Crippen molar-refractivity contribution in [3.8, 4) is 0 Å². The third-order valence-electron chi connectivity index (χ3n) is 3.93. The van der Waals surface area contributed by atoms with Gasteiger partial charge in [0, 0.05) is 12.0 Å². The molecule has 0 aromatic rings. The number of hydrogen-bond acceptors (Lipinski definition) is 4. The van der Waals surface area contributed by atoms with Gasteiger partial charge in [-0.3, -0.25) is 10.1 Å². The predicted octanol–water partition coefficient (Wildman–Crippen LogP) is 1.38. The largest absolute Gasteiger partial charge is 0.458 e. The first-order valence-corrected chi connectivity index (χ1v) is 6.83. The molecule has 2 heterocycles. The molecule has 3 rings (SSSR count). The Kier molecular flexibility index (Phi) is 3.01. The van der Waals surface area contributed by atoms with Gasteiger partial charge in [-0.15, -0.1) is 0 Å². The lowest BCUT2D eigenvalue weighted by molar-refractivity contribution is -0.119. The predicted molar refractivity (Wildman–Crippen MR) is 69.7 cm³/mol. The van der Waals surface area contributed by atoms with Crippen LogP contribution in [0.2, 0.25) is 0 Å². The van der Waals surface area contributed by atoms with Gasteiger partial charge in [-0.2, -0.15) is 0 Å². The van der Waals surface area contributed by atoms with Crippen LogP contribution in [0.3, 0.4) is 0 Å². The number of amides is 1. The van der Waals surface area contributed by atoms with Crippen molar-refractivity contribution < 1.29 is 14.3 Å². The van der Waals surface area contributed by atoms with Crippen molar-refractivity contribution in [1.82, 2.24) is 10.6 Å². The summed E-state index contributed by atoms with van der Waals surface area (Å²) in [6.07, 6.45) is 4.22. The van der Waals surface area contributed by atoms with Crippen LogP contribution in [0, 0.1) is 5.92 Å². The molecule has 2 atom stereocenters. The molecule has 5 nitrogen and oxygen atoms in total. The van der Waals surface area contributed by atoms with E-state index in [1.165, 1.54) is 0 Å². The summed E-state index contributed by atoms with van der Waals surface area (Å²) in [6.45, 7) is 5.44. The maximum Gasteiger partial charge on any atom is 0.248 e. The van der Waals surface area contributed by atoms with E-state index in [1.54, 1.807) is 0 Å². The van der Waals surface area contributed by atoms with E-state index < -0.39 is 0 Å². The molecule has 0 aromatic heterocycles. The molecular weight excluding hydrogens is 244 g/mol. The molecule has 104 valence electrons. The molecule has 5 heteroatoms. The summed E-state index contributed by atoms with van der Waals surface area (Å²) >= 11 is 0. The maximum absolute atomic E-state index is 12.3. The zero-order valence-corrected chi connectivity index (χ0v) is 11.4. The van der Waals surface area contributed by atoms with Crippen molar-refractivity contribution >= 4 is 5.91 Å². The summed E-state index contributed by atoms with van der Waals surface area (Å²) in [6, 6.07) is 0. The summed E-state index contributed by atoms with van der Waals surface area (Å²) in [5.74, 6) is 2.17. The summed E-state index contributed by atoms with van der Waals surface area (Å²) in [5, 5.41) is 6.47. The van der Waals surface area contributed by atoms with Gasteiger partial charge in [-0.1, -0.05) is 6.92 Å². The van der Waals surface area contributed by atoms with E-state index in [4.69, 9.17) is 9.47 Å². The van der Waals surface area contributed by atoms with E-state index in [0.29, 0.717) is 18.1 Å². The van der Waals surface area contributed by atoms with Crippen LogP contribution in [0.4, 0.5) is 0 Å². The van der Waals surface area contributed by atoms with Crippen molar-refractivity contribution in [3.63, 3.8) is 0 Å². The smallest absolute Gasteiger partial charge is 0.248 e. The van der Waals surface area contributed by atoms with Gasteiger partial charge in [0.15, 0.2) is 5.76 Å². The SMILES string of the molecule is CC1CNC(C)(NC(=O)C2=CC3=C(CC2)OCO3)C1. The molecule has 3 aliphatic rings. The summed E-state index contributed by atoms with van der Waals surface area (Å²) in [7, 11) is 0. The molecule has 1 aliphatic carbocycles. The topological polar surface area (TPSA) is 59.6 Å². The number of carbonyl (C=O) groups is 1. The first kappa shape index (κ1) is 12.5. The number of nitrogens with one attached hydrogen (secondary N) is 2. The van der Waals surface area contributed by atoms with Crippen molar-refractivity contribution in [1.29, 1.82) is 0 Å². The third kappa shape index (κ3) is 2.47. The number of rotatable bonds is 2. The number of carbonyl (C=O) groups excluding carboxylic acids is 1. The van der Waals surface area contributed by atoms with Gasteiger partial charge in [0.05, 0.1) is 5.66 Å². The highest BCUT2D eigenvalue weighted by atomic mass is 16.7. The third-order valence-corrected chi connectivity index (χ3v) is 3.93. The van der Waals surface area contributed by atoms with Gasteiger partial charge in [0.1, 0.15) is 5.76 Å². The molecule has 0 aromatic carbocycles. The molecular formula is C14H20N2O3. The Morgan fingerprint density at radius 2 is 2.32 bits per heavy atom. The molecule has 19 heavy (non-hydrogen) atoms. The molecule has 1 saturated heterocycles. The zero-order valence-electron chi connectivity index (χ0n) is 11.4. The lowest BCUT2D eigenvalue weighted by Crippen LogP contribution is -2.53. The highest BCUT2D eigenvalue weighted by molar-refractivity contribution is 5.94. The van der Waals surface area contributed by atoms with Crippen molar-refractivity contribution in [3.05, 3.63) is 23.2 Å². The molecule has 1 fully saturated rings. The van der Waals surface area contributed by atoms with Crippen LogP contribution in [-0.4, -0.2) is 24.9 Å². The highest BCUT2D eigenvalue weighted by Gasteiger charge is 2.35. The minimum Gasteiger partial charge on any atom is -0.458 e. The Hall–Kier alpha value is -1.49. The lowest BCUT2D eigenvalue weighted by atomic mass is 9.99. The monoisotopic (exact) mass is 264 g/mol. The maximum atomic E-state index is 12.3. The van der Waals surface area contributed by atoms with Crippen LogP contribution >= 0.6 is 0 Å². The van der Waals surface area contributed by atoms with Gasteiger partial charge in [-0.25, -0.2) is 0 Å². The highest BCUT2D eigenvalue weighted by Crippen LogP contribution is 2.30. The summed E-state index contributed by atoms with van der Waals surface area (Å²) < 4.78 is 10.7. The Balaban J connectivity index is 1.68. The van der Waals surface area contributed by atoms with Crippen LogP contribution < -0.4 is 10.6 Å². The first-order chi connectivity index (χ1) is 9.06. The number of ether oxygens (including phenoxy) is 2. The average molecular weight is 264 g/mol. The molecule has 0 spiro atoms. The first-order valence-electron chi connectivity index (χ1n) is 6.83. The van der Waals surface area contributed by atoms with Crippen LogP contribution in [-0.2, 0) is 14.3 Å². The fraction of sp³-hybridized carbons (Fsp3) is 0.643. The Labute approximate surface area is 113 Å². The van der Waals surface area contributed by atoms with Crippen LogP contribution in [0.5, 0.6) is 0 Å². The number of allylic oxidation sites excluding steroid dienone is 2. The Bertz CT molecular complexity index is 469. The number of hydrogen-bond donors (Lipinski definition) is 2.